The summed E-state index contributed by atoms with van der Waals surface area (Å²) in [5, 5.41) is 10.4. The van der Waals surface area contributed by atoms with Gasteiger partial charge in [0.1, 0.15) is 5.75 Å². The molecule has 1 heterocycles. The Hall–Kier alpha value is -1.72. The number of aliphatic hydroxyl groups excluding tert-OH is 1. The summed E-state index contributed by atoms with van der Waals surface area (Å²) in [6, 6.07) is 11.2. The molecule has 21 heavy (non-hydrogen) atoms. The van der Waals surface area contributed by atoms with Gasteiger partial charge in [-0.1, -0.05) is 22.0 Å². The Morgan fingerprint density at radius 2 is 2.00 bits per heavy atom. The molecule has 110 valence electrons. The quantitative estimate of drug-likeness (QED) is 0.917. The van der Waals surface area contributed by atoms with Gasteiger partial charge in [-0.15, -0.1) is 0 Å². The SMILES string of the molecule is COc1ccc(Br)cc1CC(O)c1ccc2c(c1)OCO2. The topological polar surface area (TPSA) is 47.9 Å². The van der Waals surface area contributed by atoms with Gasteiger partial charge in [-0.2, -0.15) is 0 Å². The first kappa shape index (κ1) is 14.2. The Kier molecular flexibility index (Phi) is 4.03. The normalized spacial score (nSPS) is 14.0. The molecular formula is C16H15BrO4. The van der Waals surface area contributed by atoms with E-state index in [4.69, 9.17) is 14.2 Å². The van der Waals surface area contributed by atoms with Crippen LogP contribution < -0.4 is 14.2 Å². The van der Waals surface area contributed by atoms with Gasteiger partial charge in [-0.25, -0.2) is 0 Å². The highest BCUT2D eigenvalue weighted by atomic mass is 79.9. The Balaban J connectivity index is 1.83. The van der Waals surface area contributed by atoms with Gasteiger partial charge in [0, 0.05) is 10.9 Å². The average molecular weight is 351 g/mol. The summed E-state index contributed by atoms with van der Waals surface area (Å²) >= 11 is 3.44. The van der Waals surface area contributed by atoms with Gasteiger partial charge in [0.05, 0.1) is 13.2 Å². The lowest BCUT2D eigenvalue weighted by Crippen LogP contribution is -2.03. The molecule has 4 nitrogen and oxygen atoms in total. The second kappa shape index (κ2) is 5.95. The van der Waals surface area contributed by atoms with Crippen LogP contribution in [0.3, 0.4) is 0 Å². The molecular weight excluding hydrogens is 336 g/mol. The van der Waals surface area contributed by atoms with E-state index in [1.165, 1.54) is 0 Å². The maximum absolute atomic E-state index is 10.4. The van der Waals surface area contributed by atoms with E-state index in [0.717, 1.165) is 21.3 Å². The average Bonchev–Trinajstić information content (AvgIpc) is 2.94. The van der Waals surface area contributed by atoms with Crippen molar-refractivity contribution in [1.29, 1.82) is 0 Å². The summed E-state index contributed by atoms with van der Waals surface area (Å²) in [4.78, 5) is 0. The molecule has 0 spiro atoms. The van der Waals surface area contributed by atoms with Crippen molar-refractivity contribution in [2.24, 2.45) is 0 Å². The molecule has 0 fully saturated rings. The van der Waals surface area contributed by atoms with Crippen LogP contribution in [-0.2, 0) is 6.42 Å². The molecule has 0 amide bonds. The predicted octanol–water partition coefficient (Wildman–Crippen LogP) is 3.46. The van der Waals surface area contributed by atoms with E-state index in [1.54, 1.807) is 7.11 Å². The van der Waals surface area contributed by atoms with Crippen molar-refractivity contribution in [3.05, 3.63) is 52.0 Å². The van der Waals surface area contributed by atoms with Gasteiger partial charge in [0.2, 0.25) is 6.79 Å². The summed E-state index contributed by atoms with van der Waals surface area (Å²) < 4.78 is 16.9. The number of benzene rings is 2. The number of rotatable bonds is 4. The molecule has 0 aromatic heterocycles. The van der Waals surface area contributed by atoms with Crippen LogP contribution >= 0.6 is 15.9 Å². The number of aliphatic hydroxyl groups is 1. The minimum Gasteiger partial charge on any atom is -0.496 e. The lowest BCUT2D eigenvalue weighted by molar-refractivity contribution is 0.171. The molecule has 0 radical (unpaired) electrons. The van der Waals surface area contributed by atoms with Gasteiger partial charge in [0.15, 0.2) is 11.5 Å². The third-order valence-electron chi connectivity index (χ3n) is 3.44. The number of halogens is 1. The summed E-state index contributed by atoms with van der Waals surface area (Å²) in [5.74, 6) is 2.15. The second-order valence-electron chi connectivity index (χ2n) is 4.79. The van der Waals surface area contributed by atoms with E-state index in [1.807, 2.05) is 36.4 Å². The fraction of sp³-hybridized carbons (Fsp3) is 0.250. The van der Waals surface area contributed by atoms with Gasteiger partial charge in [0.25, 0.3) is 0 Å². The van der Waals surface area contributed by atoms with Crippen molar-refractivity contribution in [2.45, 2.75) is 12.5 Å². The number of fused-ring (bicyclic) bond motifs is 1. The van der Waals surface area contributed by atoms with Crippen LogP contribution in [0.2, 0.25) is 0 Å². The largest absolute Gasteiger partial charge is 0.496 e. The van der Waals surface area contributed by atoms with Crippen molar-refractivity contribution in [1.82, 2.24) is 0 Å². The molecule has 1 atom stereocenters. The fourth-order valence-corrected chi connectivity index (χ4v) is 2.76. The predicted molar refractivity (Wildman–Crippen MR) is 81.9 cm³/mol. The third kappa shape index (κ3) is 2.99. The van der Waals surface area contributed by atoms with Gasteiger partial charge >= 0.3 is 0 Å². The van der Waals surface area contributed by atoms with Crippen LogP contribution in [0.15, 0.2) is 40.9 Å². The first-order chi connectivity index (χ1) is 10.2. The van der Waals surface area contributed by atoms with Gasteiger partial charge in [-0.3, -0.25) is 0 Å². The first-order valence-electron chi connectivity index (χ1n) is 6.57. The van der Waals surface area contributed by atoms with Crippen LogP contribution in [0.4, 0.5) is 0 Å². The Labute approximate surface area is 131 Å². The van der Waals surface area contributed by atoms with Crippen LogP contribution in [0.5, 0.6) is 17.2 Å². The monoisotopic (exact) mass is 350 g/mol. The molecule has 5 heteroatoms. The highest BCUT2D eigenvalue weighted by molar-refractivity contribution is 9.10. The van der Waals surface area contributed by atoms with Crippen molar-refractivity contribution >= 4 is 15.9 Å². The number of hydrogen-bond donors (Lipinski definition) is 1. The Morgan fingerprint density at radius 1 is 1.19 bits per heavy atom. The van der Waals surface area contributed by atoms with Crippen molar-refractivity contribution < 1.29 is 19.3 Å². The number of hydrogen-bond acceptors (Lipinski definition) is 4. The molecule has 2 aromatic carbocycles. The van der Waals surface area contributed by atoms with E-state index in [2.05, 4.69) is 15.9 Å². The Bertz CT molecular complexity index is 657. The molecule has 1 N–H and O–H groups in total. The first-order valence-corrected chi connectivity index (χ1v) is 7.36. The summed E-state index contributed by atoms with van der Waals surface area (Å²) in [5.41, 5.74) is 1.73. The highest BCUT2D eigenvalue weighted by Gasteiger charge is 2.18. The van der Waals surface area contributed by atoms with Crippen molar-refractivity contribution in [3.8, 4) is 17.2 Å². The van der Waals surface area contributed by atoms with Gasteiger partial charge in [-0.05, 0) is 41.5 Å². The standard InChI is InChI=1S/C16H15BrO4/c1-19-14-5-3-12(17)6-11(14)7-13(18)10-2-4-15-16(8-10)21-9-20-15/h2-6,8,13,18H,7,9H2,1H3. The number of methoxy groups -OCH3 is 1. The summed E-state index contributed by atoms with van der Waals surface area (Å²) in [6.45, 7) is 0.230. The zero-order valence-corrected chi connectivity index (χ0v) is 13.1. The van der Waals surface area contributed by atoms with Crippen molar-refractivity contribution in [3.63, 3.8) is 0 Å². The third-order valence-corrected chi connectivity index (χ3v) is 3.93. The van der Waals surface area contributed by atoms with Crippen LogP contribution in [0, 0.1) is 0 Å². The molecule has 0 aliphatic carbocycles. The van der Waals surface area contributed by atoms with E-state index in [0.29, 0.717) is 17.9 Å². The molecule has 2 aromatic rings. The van der Waals surface area contributed by atoms with Crippen molar-refractivity contribution in [2.75, 3.05) is 13.9 Å². The fourth-order valence-electron chi connectivity index (χ4n) is 2.35. The lowest BCUT2D eigenvalue weighted by Gasteiger charge is -2.14. The smallest absolute Gasteiger partial charge is 0.231 e. The molecule has 0 saturated heterocycles. The molecule has 0 bridgehead atoms. The highest BCUT2D eigenvalue weighted by Crippen LogP contribution is 2.35. The Morgan fingerprint density at radius 3 is 2.81 bits per heavy atom. The minimum absolute atomic E-state index is 0.230. The molecule has 3 rings (SSSR count). The molecule has 1 unspecified atom stereocenters. The van der Waals surface area contributed by atoms with Gasteiger partial charge < -0.3 is 19.3 Å². The molecule has 1 aliphatic rings. The zero-order valence-electron chi connectivity index (χ0n) is 11.5. The van der Waals surface area contributed by atoms with E-state index in [9.17, 15) is 5.11 Å². The van der Waals surface area contributed by atoms with Crippen LogP contribution in [-0.4, -0.2) is 19.0 Å². The molecule has 0 saturated carbocycles. The minimum atomic E-state index is -0.636. The van der Waals surface area contributed by atoms with E-state index in [-0.39, 0.29) is 6.79 Å². The lowest BCUT2D eigenvalue weighted by atomic mass is 10.0. The second-order valence-corrected chi connectivity index (χ2v) is 5.70. The van der Waals surface area contributed by atoms with E-state index >= 15 is 0 Å². The van der Waals surface area contributed by atoms with Crippen LogP contribution in [0.1, 0.15) is 17.2 Å². The summed E-state index contributed by atoms with van der Waals surface area (Å²) in [6.07, 6.45) is -0.176. The zero-order chi connectivity index (χ0) is 14.8. The maximum Gasteiger partial charge on any atom is 0.231 e. The summed E-state index contributed by atoms with van der Waals surface area (Å²) in [7, 11) is 1.62. The van der Waals surface area contributed by atoms with E-state index < -0.39 is 6.10 Å². The van der Waals surface area contributed by atoms with Crippen LogP contribution in [0.25, 0.3) is 0 Å². The number of ether oxygens (including phenoxy) is 3. The molecule has 1 aliphatic heterocycles. The maximum atomic E-state index is 10.4.